The second-order valence-corrected chi connectivity index (χ2v) is 4.44. The van der Waals surface area contributed by atoms with Gasteiger partial charge in [0, 0.05) is 12.6 Å². The molecule has 0 radical (unpaired) electrons. The number of aliphatic hydroxyl groups is 1. The lowest BCUT2D eigenvalue weighted by Gasteiger charge is -2.13. The number of aliphatic hydroxyl groups excluding tert-OH is 1. The van der Waals surface area contributed by atoms with Gasteiger partial charge < -0.3 is 10.4 Å². The molecule has 0 fully saturated rings. The molecule has 0 saturated heterocycles. The molecule has 0 saturated carbocycles. The number of nitrogens with one attached hydrogen (secondary N) is 1. The third kappa shape index (κ3) is 5.10. The molecular formula is C14H18FNO2. The van der Waals surface area contributed by atoms with E-state index in [0.29, 0.717) is 0 Å². The van der Waals surface area contributed by atoms with Gasteiger partial charge in [0.25, 0.3) is 0 Å². The zero-order valence-corrected chi connectivity index (χ0v) is 10.6. The molecule has 1 rings (SSSR count). The van der Waals surface area contributed by atoms with Crippen LogP contribution in [-0.2, 0) is 4.79 Å². The van der Waals surface area contributed by atoms with Crippen LogP contribution in [0.1, 0.15) is 19.4 Å². The lowest BCUT2D eigenvalue weighted by atomic mass is 10.1. The minimum atomic E-state index is -0.548. The van der Waals surface area contributed by atoms with Crippen LogP contribution >= 0.6 is 0 Å². The third-order valence-corrected chi connectivity index (χ3v) is 2.55. The van der Waals surface area contributed by atoms with Crippen LogP contribution < -0.4 is 5.32 Å². The zero-order chi connectivity index (χ0) is 13.5. The lowest BCUT2D eigenvalue weighted by molar-refractivity contribution is -0.117. The Balaban J connectivity index is 2.42. The number of halogens is 1. The molecule has 1 aromatic carbocycles. The maximum atomic E-state index is 12.6. The summed E-state index contributed by atoms with van der Waals surface area (Å²) in [5.74, 6) is -0.484. The maximum Gasteiger partial charge on any atom is 0.244 e. The SMILES string of the molecule is CC(C)C(O)CNC(=O)/C=C/c1ccc(F)cc1. The highest BCUT2D eigenvalue weighted by molar-refractivity contribution is 5.91. The molecule has 1 aromatic rings. The number of amides is 1. The Labute approximate surface area is 106 Å². The zero-order valence-electron chi connectivity index (χ0n) is 10.6. The van der Waals surface area contributed by atoms with Gasteiger partial charge >= 0.3 is 0 Å². The van der Waals surface area contributed by atoms with Crippen LogP contribution in [0, 0.1) is 11.7 Å². The fourth-order valence-electron chi connectivity index (χ4n) is 1.25. The Morgan fingerprint density at radius 2 is 2.00 bits per heavy atom. The monoisotopic (exact) mass is 251 g/mol. The van der Waals surface area contributed by atoms with Crippen LogP contribution in [-0.4, -0.2) is 23.7 Å². The van der Waals surface area contributed by atoms with Crippen LogP contribution in [0.25, 0.3) is 6.08 Å². The largest absolute Gasteiger partial charge is 0.391 e. The highest BCUT2D eigenvalue weighted by Crippen LogP contribution is 2.04. The Hall–Kier alpha value is -1.68. The molecule has 1 unspecified atom stereocenters. The molecule has 0 bridgehead atoms. The first-order valence-corrected chi connectivity index (χ1v) is 5.88. The van der Waals surface area contributed by atoms with Crippen molar-refractivity contribution in [2.75, 3.05) is 6.54 Å². The molecule has 0 aliphatic rings. The molecule has 0 aromatic heterocycles. The number of hydrogen-bond donors (Lipinski definition) is 2. The minimum absolute atomic E-state index is 0.103. The summed E-state index contributed by atoms with van der Waals surface area (Å²) < 4.78 is 12.6. The van der Waals surface area contributed by atoms with E-state index in [2.05, 4.69) is 5.32 Å². The van der Waals surface area contributed by atoms with E-state index in [4.69, 9.17) is 0 Å². The van der Waals surface area contributed by atoms with E-state index in [0.717, 1.165) is 5.56 Å². The van der Waals surface area contributed by atoms with Gasteiger partial charge in [-0.2, -0.15) is 0 Å². The third-order valence-electron chi connectivity index (χ3n) is 2.55. The van der Waals surface area contributed by atoms with Crippen molar-refractivity contribution in [3.63, 3.8) is 0 Å². The number of carbonyl (C=O) groups excluding carboxylic acids is 1. The summed E-state index contributed by atoms with van der Waals surface area (Å²) in [5, 5.41) is 12.1. The van der Waals surface area contributed by atoms with Crippen molar-refractivity contribution in [2.24, 2.45) is 5.92 Å². The minimum Gasteiger partial charge on any atom is -0.391 e. The standard InChI is InChI=1S/C14H18FNO2/c1-10(2)13(17)9-16-14(18)8-5-11-3-6-12(15)7-4-11/h3-8,10,13,17H,9H2,1-2H3,(H,16,18)/b8-5+. The average Bonchev–Trinajstić information content (AvgIpc) is 2.35. The van der Waals surface area contributed by atoms with Crippen LogP contribution in [0.3, 0.4) is 0 Å². The summed E-state index contributed by atoms with van der Waals surface area (Å²) in [6.07, 6.45) is 2.41. The average molecular weight is 251 g/mol. The van der Waals surface area contributed by atoms with Gasteiger partial charge in [0.05, 0.1) is 6.10 Å². The molecular weight excluding hydrogens is 233 g/mol. The van der Waals surface area contributed by atoms with E-state index >= 15 is 0 Å². The van der Waals surface area contributed by atoms with Crippen molar-refractivity contribution < 1.29 is 14.3 Å². The molecule has 18 heavy (non-hydrogen) atoms. The molecule has 98 valence electrons. The van der Waals surface area contributed by atoms with Crippen LogP contribution in [0.2, 0.25) is 0 Å². The van der Waals surface area contributed by atoms with Crippen molar-refractivity contribution >= 4 is 12.0 Å². The van der Waals surface area contributed by atoms with Gasteiger partial charge in [-0.3, -0.25) is 4.79 Å². The van der Waals surface area contributed by atoms with Crippen LogP contribution in [0.5, 0.6) is 0 Å². The van der Waals surface area contributed by atoms with Crippen LogP contribution in [0.4, 0.5) is 4.39 Å². The number of benzene rings is 1. The van der Waals surface area contributed by atoms with Gasteiger partial charge in [-0.15, -0.1) is 0 Å². The van der Waals surface area contributed by atoms with Crippen molar-refractivity contribution in [3.8, 4) is 0 Å². The van der Waals surface area contributed by atoms with Crippen molar-refractivity contribution in [3.05, 3.63) is 41.7 Å². The normalized spacial score (nSPS) is 12.9. The lowest BCUT2D eigenvalue weighted by Crippen LogP contribution is -2.33. The van der Waals surface area contributed by atoms with Gasteiger partial charge in [0.15, 0.2) is 0 Å². The highest BCUT2D eigenvalue weighted by Gasteiger charge is 2.09. The van der Waals surface area contributed by atoms with Crippen LogP contribution in [0.15, 0.2) is 30.3 Å². The van der Waals surface area contributed by atoms with Gasteiger partial charge in [-0.05, 0) is 29.7 Å². The fourth-order valence-corrected chi connectivity index (χ4v) is 1.25. The summed E-state index contributed by atoms with van der Waals surface area (Å²) in [6, 6.07) is 5.84. The Morgan fingerprint density at radius 3 is 2.56 bits per heavy atom. The van der Waals surface area contributed by atoms with Gasteiger partial charge in [-0.25, -0.2) is 4.39 Å². The summed E-state index contributed by atoms with van der Waals surface area (Å²) in [5.41, 5.74) is 0.746. The predicted molar refractivity (Wildman–Crippen MR) is 69.3 cm³/mol. The van der Waals surface area contributed by atoms with Crippen molar-refractivity contribution in [1.82, 2.24) is 5.32 Å². The fraction of sp³-hybridized carbons (Fsp3) is 0.357. The molecule has 3 nitrogen and oxygen atoms in total. The number of rotatable bonds is 5. The quantitative estimate of drug-likeness (QED) is 0.786. The predicted octanol–water partition coefficient (Wildman–Crippen LogP) is 1.97. The second kappa shape index (κ2) is 6.91. The molecule has 0 aliphatic heterocycles. The topological polar surface area (TPSA) is 49.3 Å². The summed E-state index contributed by atoms with van der Waals surface area (Å²) in [7, 11) is 0. The highest BCUT2D eigenvalue weighted by atomic mass is 19.1. The Kier molecular flexibility index (Phi) is 5.52. The second-order valence-electron chi connectivity index (χ2n) is 4.44. The molecule has 0 spiro atoms. The maximum absolute atomic E-state index is 12.6. The van der Waals surface area contributed by atoms with Crippen molar-refractivity contribution in [1.29, 1.82) is 0 Å². The summed E-state index contributed by atoms with van der Waals surface area (Å²) in [4.78, 5) is 11.4. The van der Waals surface area contributed by atoms with E-state index in [9.17, 15) is 14.3 Å². The molecule has 4 heteroatoms. The Bertz CT molecular complexity index is 412. The molecule has 1 atom stereocenters. The van der Waals surface area contributed by atoms with E-state index in [-0.39, 0.29) is 24.2 Å². The molecule has 1 amide bonds. The number of carbonyl (C=O) groups is 1. The van der Waals surface area contributed by atoms with Gasteiger partial charge in [-0.1, -0.05) is 26.0 Å². The van der Waals surface area contributed by atoms with E-state index in [1.807, 2.05) is 13.8 Å². The summed E-state index contributed by atoms with van der Waals surface area (Å²) in [6.45, 7) is 3.99. The smallest absolute Gasteiger partial charge is 0.244 e. The molecule has 0 aliphatic carbocycles. The number of hydrogen-bond acceptors (Lipinski definition) is 2. The van der Waals surface area contributed by atoms with Crippen molar-refractivity contribution in [2.45, 2.75) is 20.0 Å². The van der Waals surface area contributed by atoms with E-state index in [1.54, 1.807) is 18.2 Å². The summed E-state index contributed by atoms with van der Waals surface area (Å²) >= 11 is 0. The first-order chi connectivity index (χ1) is 8.49. The van der Waals surface area contributed by atoms with Gasteiger partial charge in [0.1, 0.15) is 5.82 Å². The first-order valence-electron chi connectivity index (χ1n) is 5.88. The molecule has 2 N–H and O–H groups in total. The van der Waals surface area contributed by atoms with E-state index < -0.39 is 6.10 Å². The van der Waals surface area contributed by atoms with E-state index in [1.165, 1.54) is 18.2 Å². The Morgan fingerprint density at radius 1 is 1.39 bits per heavy atom. The van der Waals surface area contributed by atoms with Gasteiger partial charge in [0.2, 0.25) is 5.91 Å². The molecule has 0 heterocycles. The first kappa shape index (κ1) is 14.4.